The lowest BCUT2D eigenvalue weighted by Crippen LogP contribution is -2.42. The number of fused-ring (bicyclic) bond motifs is 1. The summed E-state index contributed by atoms with van der Waals surface area (Å²) in [5, 5.41) is 11.0. The molecule has 1 aromatic heterocycles. The van der Waals surface area contributed by atoms with Crippen LogP contribution < -0.4 is 20.9 Å². The van der Waals surface area contributed by atoms with Gasteiger partial charge in [-0.3, -0.25) is 0 Å². The van der Waals surface area contributed by atoms with Crippen LogP contribution in [0.1, 0.15) is 38.2 Å². The maximum absolute atomic E-state index is 12.5. The molecule has 1 heterocycles. The van der Waals surface area contributed by atoms with Crippen molar-refractivity contribution in [2.45, 2.75) is 51.1 Å². The van der Waals surface area contributed by atoms with Crippen LogP contribution in [0.4, 0.5) is 22.0 Å². The second kappa shape index (κ2) is 9.90. The third kappa shape index (κ3) is 5.13. The van der Waals surface area contributed by atoms with E-state index in [0.29, 0.717) is 6.04 Å². The number of hydrogen-bond donors (Lipinski definition) is 3. The van der Waals surface area contributed by atoms with Crippen molar-refractivity contribution in [3.63, 3.8) is 0 Å². The van der Waals surface area contributed by atoms with Gasteiger partial charge in [0.05, 0.1) is 5.52 Å². The molecule has 1 aliphatic rings. The van der Waals surface area contributed by atoms with Crippen molar-refractivity contribution in [1.29, 1.82) is 0 Å². The number of nitrogens with zero attached hydrogens (tertiary/aromatic N) is 2. The predicted octanol–water partition coefficient (Wildman–Crippen LogP) is 5.41. The van der Waals surface area contributed by atoms with Crippen molar-refractivity contribution in [2.24, 2.45) is 0 Å². The smallest absolute Gasteiger partial charge is 0.319 e. The van der Waals surface area contributed by atoms with Crippen LogP contribution in [0.2, 0.25) is 0 Å². The fourth-order valence-corrected chi connectivity index (χ4v) is 4.49. The van der Waals surface area contributed by atoms with Crippen LogP contribution in [0, 0.1) is 0 Å². The van der Waals surface area contributed by atoms with Crippen molar-refractivity contribution in [1.82, 2.24) is 10.3 Å². The number of aromatic nitrogens is 1. The van der Waals surface area contributed by atoms with Crippen molar-refractivity contribution < 1.29 is 4.79 Å². The summed E-state index contributed by atoms with van der Waals surface area (Å²) in [6, 6.07) is 18.8. The molecular weight excluding hydrogens is 398 g/mol. The molecule has 2 aromatic carbocycles. The molecule has 0 spiro atoms. The Morgan fingerprint density at radius 1 is 1.00 bits per heavy atom. The van der Waals surface area contributed by atoms with Crippen LogP contribution >= 0.6 is 0 Å². The van der Waals surface area contributed by atoms with Gasteiger partial charge in [-0.1, -0.05) is 43.3 Å². The van der Waals surface area contributed by atoms with Gasteiger partial charge < -0.3 is 20.9 Å². The molecule has 1 aliphatic carbocycles. The molecular formula is C26H33N5O. The lowest BCUT2D eigenvalue weighted by atomic mass is 9.91. The van der Waals surface area contributed by atoms with Crippen LogP contribution in [0.25, 0.3) is 10.9 Å². The number of aryl methyl sites for hydroxylation is 1. The van der Waals surface area contributed by atoms with Crippen molar-refractivity contribution >= 4 is 34.1 Å². The fourth-order valence-electron chi connectivity index (χ4n) is 4.49. The molecule has 1 saturated carbocycles. The molecule has 6 nitrogen and oxygen atoms in total. The van der Waals surface area contributed by atoms with Gasteiger partial charge in [-0.05, 0) is 49.8 Å². The second-order valence-corrected chi connectivity index (χ2v) is 8.74. The third-order valence-electron chi connectivity index (χ3n) is 6.24. The van der Waals surface area contributed by atoms with Gasteiger partial charge in [0.2, 0.25) is 0 Å². The number of anilines is 3. The molecule has 4 rings (SSSR count). The number of urea groups is 1. The zero-order valence-corrected chi connectivity index (χ0v) is 19.2. The minimum atomic E-state index is -0.117. The molecule has 0 bridgehead atoms. The van der Waals surface area contributed by atoms with E-state index in [-0.39, 0.29) is 12.1 Å². The van der Waals surface area contributed by atoms with Gasteiger partial charge in [-0.25, -0.2) is 9.78 Å². The first-order valence-corrected chi connectivity index (χ1v) is 11.5. The number of pyridine rings is 1. The van der Waals surface area contributed by atoms with Gasteiger partial charge in [-0.15, -0.1) is 0 Å². The Kier molecular flexibility index (Phi) is 6.78. The summed E-state index contributed by atoms with van der Waals surface area (Å²) in [4.78, 5) is 19.5. The summed E-state index contributed by atoms with van der Waals surface area (Å²) >= 11 is 0. The average molecular weight is 432 g/mol. The van der Waals surface area contributed by atoms with E-state index in [4.69, 9.17) is 4.98 Å². The van der Waals surface area contributed by atoms with E-state index >= 15 is 0 Å². The minimum absolute atomic E-state index is 0.117. The lowest BCUT2D eigenvalue weighted by Gasteiger charge is -2.30. The Morgan fingerprint density at radius 3 is 2.44 bits per heavy atom. The summed E-state index contributed by atoms with van der Waals surface area (Å²) < 4.78 is 0. The first-order chi connectivity index (χ1) is 15.5. The number of para-hydroxylation sites is 2. The molecule has 0 radical (unpaired) electrons. The lowest BCUT2D eigenvalue weighted by molar-refractivity contribution is 0.243. The van der Waals surface area contributed by atoms with Crippen LogP contribution in [-0.2, 0) is 6.42 Å². The molecule has 168 valence electrons. The topological polar surface area (TPSA) is 69.3 Å². The highest BCUT2D eigenvalue weighted by atomic mass is 16.2. The number of benzene rings is 2. The number of carbonyl (C=O) groups excluding carboxylic acids is 1. The second-order valence-electron chi connectivity index (χ2n) is 8.74. The largest absolute Gasteiger partial charge is 0.377 e. The fraction of sp³-hybridized carbons (Fsp3) is 0.385. The summed E-state index contributed by atoms with van der Waals surface area (Å²) in [6.07, 6.45) is 4.80. The number of amides is 2. The number of carbonyl (C=O) groups is 1. The summed E-state index contributed by atoms with van der Waals surface area (Å²) in [6.45, 7) is 2.10. The van der Waals surface area contributed by atoms with Gasteiger partial charge in [0.25, 0.3) is 0 Å². The molecule has 1 fully saturated rings. The van der Waals surface area contributed by atoms with E-state index in [9.17, 15) is 4.79 Å². The SMILES string of the molecule is CCc1ccccc1NC(=O)N[C@H]1CC[C@@H](Nc2cc(N(C)C)c3ccccc3n2)CC1. The number of rotatable bonds is 6. The van der Waals surface area contributed by atoms with Gasteiger partial charge in [0.15, 0.2) is 0 Å². The summed E-state index contributed by atoms with van der Waals surface area (Å²) in [5.74, 6) is 0.915. The maximum Gasteiger partial charge on any atom is 0.319 e. The van der Waals surface area contributed by atoms with Crippen LogP contribution in [0.3, 0.4) is 0 Å². The molecule has 3 N–H and O–H groups in total. The van der Waals surface area contributed by atoms with E-state index in [1.807, 2.05) is 24.3 Å². The normalized spacial score (nSPS) is 18.2. The van der Waals surface area contributed by atoms with Crippen LogP contribution in [0.5, 0.6) is 0 Å². The Balaban J connectivity index is 1.33. The Labute approximate surface area is 190 Å². The third-order valence-corrected chi connectivity index (χ3v) is 6.24. The van der Waals surface area contributed by atoms with E-state index < -0.39 is 0 Å². The van der Waals surface area contributed by atoms with E-state index in [2.05, 4.69) is 72.2 Å². The molecule has 0 aliphatic heterocycles. The number of hydrogen-bond acceptors (Lipinski definition) is 4. The zero-order valence-electron chi connectivity index (χ0n) is 19.2. The van der Waals surface area contributed by atoms with Gasteiger partial charge in [0, 0.05) is 49.0 Å². The van der Waals surface area contributed by atoms with Gasteiger partial charge in [0.1, 0.15) is 5.82 Å². The minimum Gasteiger partial charge on any atom is -0.377 e. The highest BCUT2D eigenvalue weighted by Gasteiger charge is 2.23. The van der Waals surface area contributed by atoms with Gasteiger partial charge in [-0.2, -0.15) is 0 Å². The van der Waals surface area contributed by atoms with Crippen molar-refractivity contribution in [3.05, 3.63) is 60.2 Å². The standard InChI is InChI=1S/C26H33N5O/c1-4-18-9-5-7-11-22(18)30-26(32)28-20-15-13-19(14-16-20)27-25-17-24(31(2)3)21-10-6-8-12-23(21)29-25/h5-12,17,19-20H,4,13-16H2,1-3H3,(H,27,29)(H2,28,30,32)/t19-,20+. The van der Waals surface area contributed by atoms with Gasteiger partial charge >= 0.3 is 6.03 Å². The molecule has 0 atom stereocenters. The molecule has 3 aromatic rings. The molecule has 0 saturated heterocycles. The summed E-state index contributed by atoms with van der Waals surface area (Å²) in [5.41, 5.74) is 4.20. The molecule has 0 unspecified atom stereocenters. The zero-order chi connectivity index (χ0) is 22.5. The molecule has 32 heavy (non-hydrogen) atoms. The Morgan fingerprint density at radius 2 is 1.69 bits per heavy atom. The summed E-state index contributed by atoms with van der Waals surface area (Å²) in [7, 11) is 4.12. The van der Waals surface area contributed by atoms with Crippen molar-refractivity contribution in [3.8, 4) is 0 Å². The van der Waals surface area contributed by atoms with Crippen molar-refractivity contribution in [2.75, 3.05) is 29.6 Å². The number of nitrogens with one attached hydrogen (secondary N) is 3. The highest BCUT2D eigenvalue weighted by molar-refractivity contribution is 5.93. The predicted molar refractivity (Wildman–Crippen MR) is 134 cm³/mol. The first kappa shape index (κ1) is 21.9. The van der Waals surface area contributed by atoms with Crippen LogP contribution in [-0.4, -0.2) is 37.2 Å². The molecule has 2 amide bonds. The van der Waals surface area contributed by atoms with E-state index in [1.165, 1.54) is 0 Å². The molecule has 6 heteroatoms. The van der Waals surface area contributed by atoms with E-state index in [1.54, 1.807) is 0 Å². The average Bonchev–Trinajstić information content (AvgIpc) is 2.80. The Bertz CT molecular complexity index is 1070. The van der Waals surface area contributed by atoms with E-state index in [0.717, 1.165) is 65.8 Å². The quantitative estimate of drug-likeness (QED) is 0.488. The monoisotopic (exact) mass is 431 g/mol. The highest BCUT2D eigenvalue weighted by Crippen LogP contribution is 2.29. The first-order valence-electron chi connectivity index (χ1n) is 11.5. The maximum atomic E-state index is 12.5. The van der Waals surface area contributed by atoms with Crippen LogP contribution in [0.15, 0.2) is 54.6 Å². The Hall–Kier alpha value is -3.28.